The number of amides is 1. The zero-order chi connectivity index (χ0) is 21.4. The molecular formula is C21H29N3O4S. The van der Waals surface area contributed by atoms with Crippen LogP contribution in [0.25, 0.3) is 0 Å². The lowest BCUT2D eigenvalue weighted by atomic mass is 10.0. The number of aryl methyl sites for hydroxylation is 1. The van der Waals surface area contributed by atoms with Crippen LogP contribution in [-0.4, -0.2) is 57.0 Å². The maximum Gasteiger partial charge on any atom is 0.263 e. The minimum atomic E-state index is -3.08. The first-order valence-electron chi connectivity index (χ1n) is 9.76. The number of ether oxygens (including phenoxy) is 1. The molecule has 1 saturated heterocycles. The van der Waals surface area contributed by atoms with Gasteiger partial charge >= 0.3 is 0 Å². The molecule has 1 heterocycles. The van der Waals surface area contributed by atoms with Crippen molar-refractivity contribution in [1.29, 1.82) is 5.26 Å². The molecule has 0 bridgehead atoms. The molecule has 1 aromatic carbocycles. The summed E-state index contributed by atoms with van der Waals surface area (Å²) >= 11 is 0. The summed E-state index contributed by atoms with van der Waals surface area (Å²) in [6.45, 7) is 4.71. The summed E-state index contributed by atoms with van der Waals surface area (Å²) in [4.78, 5) is 14.4. The number of hydrogen-bond acceptors (Lipinski definition) is 6. The van der Waals surface area contributed by atoms with Crippen molar-refractivity contribution in [2.75, 3.05) is 31.8 Å². The molecule has 8 heteroatoms. The van der Waals surface area contributed by atoms with Crippen LogP contribution in [0.15, 0.2) is 36.0 Å². The largest absolute Gasteiger partial charge is 0.383 e. The molecule has 0 spiro atoms. The smallest absolute Gasteiger partial charge is 0.263 e. The first kappa shape index (κ1) is 22.9. The Labute approximate surface area is 173 Å². The normalized spacial score (nSPS) is 19.4. The van der Waals surface area contributed by atoms with Crippen LogP contribution in [0.1, 0.15) is 37.4 Å². The molecular weight excluding hydrogens is 390 g/mol. The van der Waals surface area contributed by atoms with E-state index >= 15 is 0 Å². The lowest BCUT2D eigenvalue weighted by Crippen LogP contribution is -2.36. The minimum Gasteiger partial charge on any atom is -0.383 e. The van der Waals surface area contributed by atoms with Gasteiger partial charge in [0, 0.05) is 25.9 Å². The van der Waals surface area contributed by atoms with E-state index in [1.54, 1.807) is 12.0 Å². The van der Waals surface area contributed by atoms with Gasteiger partial charge in [-0.25, -0.2) is 8.42 Å². The Morgan fingerprint density at radius 1 is 1.41 bits per heavy atom. The molecule has 2 rings (SSSR count). The number of hydrogen-bond donors (Lipinski definition) is 1. The molecule has 0 aliphatic carbocycles. The molecule has 2 atom stereocenters. The molecule has 158 valence electrons. The highest BCUT2D eigenvalue weighted by atomic mass is 32.2. The van der Waals surface area contributed by atoms with Gasteiger partial charge in [-0.1, -0.05) is 31.2 Å². The molecule has 1 amide bonds. The maximum absolute atomic E-state index is 12.7. The molecule has 1 aliphatic heterocycles. The van der Waals surface area contributed by atoms with Gasteiger partial charge in [0.05, 0.1) is 24.2 Å². The highest BCUT2D eigenvalue weighted by Gasteiger charge is 2.31. The van der Waals surface area contributed by atoms with Crippen molar-refractivity contribution < 1.29 is 17.9 Å². The van der Waals surface area contributed by atoms with Gasteiger partial charge < -0.3 is 15.0 Å². The van der Waals surface area contributed by atoms with Crippen molar-refractivity contribution in [2.24, 2.45) is 0 Å². The van der Waals surface area contributed by atoms with Crippen LogP contribution in [0.4, 0.5) is 0 Å². The van der Waals surface area contributed by atoms with E-state index in [1.165, 1.54) is 11.8 Å². The molecule has 0 aromatic heterocycles. The lowest BCUT2D eigenvalue weighted by Gasteiger charge is -2.26. The van der Waals surface area contributed by atoms with Gasteiger partial charge in [0.2, 0.25) is 0 Å². The Balaban J connectivity index is 2.13. The lowest BCUT2D eigenvalue weighted by molar-refractivity contribution is -0.117. The van der Waals surface area contributed by atoms with Gasteiger partial charge in [-0.2, -0.15) is 5.26 Å². The zero-order valence-electron chi connectivity index (χ0n) is 17.2. The predicted octanol–water partition coefficient (Wildman–Crippen LogP) is 1.97. The van der Waals surface area contributed by atoms with Gasteiger partial charge in [-0.15, -0.1) is 0 Å². The van der Waals surface area contributed by atoms with Gasteiger partial charge in [0.25, 0.3) is 5.91 Å². The number of sulfone groups is 1. The van der Waals surface area contributed by atoms with Gasteiger partial charge in [0.1, 0.15) is 11.6 Å². The number of nitriles is 1. The van der Waals surface area contributed by atoms with Crippen LogP contribution in [0.3, 0.4) is 0 Å². The Bertz CT molecular complexity index is 872. The monoisotopic (exact) mass is 419 g/mol. The van der Waals surface area contributed by atoms with E-state index in [-0.39, 0.29) is 29.2 Å². The Hall–Kier alpha value is -2.37. The second kappa shape index (κ2) is 10.4. The molecule has 1 aromatic rings. The predicted molar refractivity (Wildman–Crippen MR) is 112 cm³/mol. The van der Waals surface area contributed by atoms with E-state index in [4.69, 9.17) is 4.74 Å². The van der Waals surface area contributed by atoms with E-state index in [0.29, 0.717) is 19.6 Å². The van der Waals surface area contributed by atoms with Crippen LogP contribution in [0.5, 0.6) is 0 Å². The summed E-state index contributed by atoms with van der Waals surface area (Å²) in [6.07, 6.45) is 2.88. The second-order valence-electron chi connectivity index (χ2n) is 7.23. The van der Waals surface area contributed by atoms with E-state index in [1.807, 2.05) is 37.3 Å². The average Bonchev–Trinajstić information content (AvgIpc) is 3.07. The van der Waals surface area contributed by atoms with Crippen molar-refractivity contribution >= 4 is 15.7 Å². The summed E-state index contributed by atoms with van der Waals surface area (Å²) in [5.41, 5.74) is 2.11. The van der Waals surface area contributed by atoms with Crippen molar-refractivity contribution in [3.05, 3.63) is 47.2 Å². The van der Waals surface area contributed by atoms with Gasteiger partial charge in [-0.3, -0.25) is 4.79 Å². The number of methoxy groups -OCH3 is 1. The Morgan fingerprint density at radius 3 is 2.62 bits per heavy atom. The number of carbonyl (C=O) groups excluding carboxylic acids is 1. The number of benzene rings is 1. The minimum absolute atomic E-state index is 0.0215. The molecule has 29 heavy (non-hydrogen) atoms. The third kappa shape index (κ3) is 6.58. The highest BCUT2D eigenvalue weighted by Crippen LogP contribution is 2.19. The molecule has 1 N–H and O–H groups in total. The van der Waals surface area contributed by atoms with Crippen molar-refractivity contribution in [3.8, 4) is 6.07 Å². The Morgan fingerprint density at radius 2 is 2.10 bits per heavy atom. The average molecular weight is 420 g/mol. The van der Waals surface area contributed by atoms with Crippen LogP contribution < -0.4 is 5.32 Å². The van der Waals surface area contributed by atoms with E-state index < -0.39 is 15.7 Å². The molecule has 2 unspecified atom stereocenters. The fraction of sp³-hybridized carbons (Fsp3) is 0.524. The van der Waals surface area contributed by atoms with Crippen LogP contribution in [0, 0.1) is 11.3 Å². The van der Waals surface area contributed by atoms with Crippen LogP contribution in [0.2, 0.25) is 0 Å². The number of carbonyl (C=O) groups is 1. The van der Waals surface area contributed by atoms with E-state index in [9.17, 15) is 18.5 Å². The fourth-order valence-corrected chi connectivity index (χ4v) is 5.03. The van der Waals surface area contributed by atoms with Gasteiger partial charge in [-0.05, 0) is 30.9 Å². The summed E-state index contributed by atoms with van der Waals surface area (Å²) in [5.74, 6) is -0.343. The quantitative estimate of drug-likeness (QED) is 0.485. The van der Waals surface area contributed by atoms with Crippen molar-refractivity contribution in [3.63, 3.8) is 0 Å². The highest BCUT2D eigenvalue weighted by molar-refractivity contribution is 7.91. The Kier molecular flexibility index (Phi) is 8.23. The SMILES string of the molecule is CCc1ccc(C(C)NC(=O)/C(C#N)=C\N(CCOC)C2CCS(=O)(=O)C2)cc1. The maximum atomic E-state index is 12.7. The van der Waals surface area contributed by atoms with Crippen LogP contribution >= 0.6 is 0 Å². The first-order chi connectivity index (χ1) is 13.8. The van der Waals surface area contributed by atoms with E-state index in [2.05, 4.69) is 12.2 Å². The second-order valence-corrected chi connectivity index (χ2v) is 9.46. The summed E-state index contributed by atoms with van der Waals surface area (Å²) < 4.78 is 28.8. The third-order valence-electron chi connectivity index (χ3n) is 5.13. The van der Waals surface area contributed by atoms with Crippen LogP contribution in [-0.2, 0) is 25.8 Å². The van der Waals surface area contributed by atoms with Crippen molar-refractivity contribution in [1.82, 2.24) is 10.2 Å². The van der Waals surface area contributed by atoms with E-state index in [0.717, 1.165) is 12.0 Å². The number of nitrogens with one attached hydrogen (secondary N) is 1. The number of nitrogens with zero attached hydrogens (tertiary/aromatic N) is 2. The first-order valence-corrected chi connectivity index (χ1v) is 11.6. The molecule has 7 nitrogen and oxygen atoms in total. The summed E-state index contributed by atoms with van der Waals surface area (Å²) in [6, 6.07) is 9.40. The fourth-order valence-electron chi connectivity index (χ4n) is 3.29. The van der Waals surface area contributed by atoms with Gasteiger partial charge in [0.15, 0.2) is 9.84 Å². The zero-order valence-corrected chi connectivity index (χ0v) is 18.0. The number of rotatable bonds is 9. The third-order valence-corrected chi connectivity index (χ3v) is 6.88. The topological polar surface area (TPSA) is 99.5 Å². The standard InChI is InChI=1S/C21H29N3O4S/c1-4-17-5-7-18(8-6-17)16(2)23-21(25)19(13-22)14-24(10-11-28-3)20-9-12-29(26,27)15-20/h5-8,14,16,20H,4,9-12,15H2,1-3H3,(H,23,25)/b19-14-. The molecule has 0 radical (unpaired) electrons. The van der Waals surface area contributed by atoms with Crippen molar-refractivity contribution in [2.45, 2.75) is 38.8 Å². The molecule has 1 fully saturated rings. The molecule has 1 aliphatic rings. The summed E-state index contributed by atoms with van der Waals surface area (Å²) in [7, 11) is -1.53. The summed E-state index contributed by atoms with van der Waals surface area (Å²) in [5, 5.41) is 12.4. The molecule has 0 saturated carbocycles.